The van der Waals surface area contributed by atoms with Crippen LogP contribution in [-0.2, 0) is 20.9 Å². The largest absolute Gasteiger partial charge is 0.478 e. The molecule has 0 aliphatic carbocycles. The van der Waals surface area contributed by atoms with Gasteiger partial charge in [-0.2, -0.15) is 0 Å². The molecule has 7 nitrogen and oxygen atoms in total. The maximum atomic E-state index is 12.0. The van der Waals surface area contributed by atoms with Crippen molar-refractivity contribution in [3.63, 3.8) is 0 Å². The average Bonchev–Trinajstić information content (AvgIpc) is 3.28. The maximum absolute atomic E-state index is 12.0. The standard InChI is InChI=1S/C22H19ClN2O5S/c23-16-6-7-18(17(10-16)22(28)29)25-21(27)13-30-12-20(26)24-11-14-3-1-4-15(9-14)19-5-2-8-31-19/h1-10H,11-13H2,(H,24,26)(H,25,27)(H,28,29). The molecule has 9 heteroatoms. The second kappa shape index (κ2) is 10.7. The van der Waals surface area contributed by atoms with Gasteiger partial charge in [0, 0.05) is 16.4 Å². The van der Waals surface area contributed by atoms with Crippen LogP contribution in [-0.4, -0.2) is 36.1 Å². The van der Waals surface area contributed by atoms with Gasteiger partial charge in [0.1, 0.15) is 13.2 Å². The lowest BCUT2D eigenvalue weighted by molar-refractivity contribution is -0.128. The van der Waals surface area contributed by atoms with E-state index in [9.17, 15) is 19.5 Å². The molecule has 0 radical (unpaired) electrons. The molecule has 0 saturated heterocycles. The third-order valence-electron chi connectivity index (χ3n) is 4.17. The molecular weight excluding hydrogens is 440 g/mol. The highest BCUT2D eigenvalue weighted by Gasteiger charge is 2.14. The zero-order valence-electron chi connectivity index (χ0n) is 16.3. The Morgan fingerprint density at radius 2 is 1.81 bits per heavy atom. The average molecular weight is 459 g/mol. The number of carbonyl (C=O) groups excluding carboxylic acids is 2. The number of nitrogens with one attached hydrogen (secondary N) is 2. The third kappa shape index (κ3) is 6.65. The van der Waals surface area contributed by atoms with Crippen LogP contribution < -0.4 is 10.6 Å². The molecule has 2 aromatic carbocycles. The Bertz CT molecular complexity index is 1090. The third-order valence-corrected chi connectivity index (χ3v) is 5.33. The number of hydrogen-bond donors (Lipinski definition) is 3. The second-order valence-electron chi connectivity index (χ2n) is 6.49. The van der Waals surface area contributed by atoms with E-state index in [0.717, 1.165) is 16.0 Å². The Labute approximate surface area is 187 Å². The van der Waals surface area contributed by atoms with Crippen LogP contribution in [0.5, 0.6) is 0 Å². The number of carboxylic acids is 1. The molecule has 160 valence electrons. The minimum atomic E-state index is -1.22. The Balaban J connectivity index is 1.43. The van der Waals surface area contributed by atoms with E-state index in [1.54, 1.807) is 11.3 Å². The first-order valence-electron chi connectivity index (χ1n) is 9.22. The Morgan fingerprint density at radius 1 is 1.00 bits per heavy atom. The lowest BCUT2D eigenvalue weighted by atomic mass is 10.1. The smallest absolute Gasteiger partial charge is 0.337 e. The van der Waals surface area contributed by atoms with E-state index >= 15 is 0 Å². The lowest BCUT2D eigenvalue weighted by Gasteiger charge is -2.10. The van der Waals surface area contributed by atoms with Gasteiger partial charge in [-0.25, -0.2) is 4.79 Å². The van der Waals surface area contributed by atoms with Crippen LogP contribution in [0.1, 0.15) is 15.9 Å². The van der Waals surface area contributed by atoms with Crippen molar-refractivity contribution >= 4 is 46.4 Å². The van der Waals surface area contributed by atoms with Crippen LogP contribution in [0.25, 0.3) is 10.4 Å². The summed E-state index contributed by atoms with van der Waals surface area (Å²) in [5.74, 6) is -2.17. The fourth-order valence-electron chi connectivity index (χ4n) is 2.75. The quantitative estimate of drug-likeness (QED) is 0.449. The summed E-state index contributed by atoms with van der Waals surface area (Å²) in [5, 5.41) is 16.6. The molecule has 0 aliphatic heterocycles. The highest BCUT2D eigenvalue weighted by molar-refractivity contribution is 7.13. The zero-order valence-corrected chi connectivity index (χ0v) is 17.8. The van der Waals surface area contributed by atoms with E-state index in [1.807, 2.05) is 41.8 Å². The summed E-state index contributed by atoms with van der Waals surface area (Å²) in [6.07, 6.45) is 0. The summed E-state index contributed by atoms with van der Waals surface area (Å²) in [6, 6.07) is 16.0. The first kappa shape index (κ1) is 22.5. The molecule has 0 atom stereocenters. The topological polar surface area (TPSA) is 105 Å². The summed E-state index contributed by atoms with van der Waals surface area (Å²) in [5.41, 5.74) is 1.99. The van der Waals surface area contributed by atoms with Crippen LogP contribution >= 0.6 is 22.9 Å². The molecule has 0 saturated carbocycles. The molecule has 3 rings (SSSR count). The van der Waals surface area contributed by atoms with Gasteiger partial charge in [-0.3, -0.25) is 9.59 Å². The number of halogens is 1. The van der Waals surface area contributed by atoms with Crippen LogP contribution in [0.4, 0.5) is 5.69 Å². The fraction of sp³-hybridized carbons (Fsp3) is 0.136. The molecule has 1 aromatic heterocycles. The van der Waals surface area contributed by atoms with E-state index in [4.69, 9.17) is 16.3 Å². The maximum Gasteiger partial charge on any atom is 0.337 e. The molecule has 0 spiro atoms. The molecule has 31 heavy (non-hydrogen) atoms. The number of carbonyl (C=O) groups is 3. The van der Waals surface area contributed by atoms with E-state index in [0.29, 0.717) is 6.54 Å². The Hall–Kier alpha value is -3.20. The molecular formula is C22H19ClN2O5S. The van der Waals surface area contributed by atoms with Gasteiger partial charge in [-0.15, -0.1) is 11.3 Å². The zero-order chi connectivity index (χ0) is 22.2. The summed E-state index contributed by atoms with van der Waals surface area (Å²) in [6.45, 7) is -0.367. The van der Waals surface area contributed by atoms with Crippen LogP contribution in [0.2, 0.25) is 5.02 Å². The number of rotatable bonds is 9. The molecule has 3 N–H and O–H groups in total. The number of thiophene rings is 1. The molecule has 3 aromatic rings. The van der Waals surface area contributed by atoms with Gasteiger partial charge < -0.3 is 20.5 Å². The summed E-state index contributed by atoms with van der Waals surface area (Å²) >= 11 is 7.42. The van der Waals surface area contributed by atoms with Gasteiger partial charge in [0.25, 0.3) is 0 Å². The van der Waals surface area contributed by atoms with Crippen molar-refractivity contribution in [2.75, 3.05) is 18.5 Å². The molecule has 0 bridgehead atoms. The summed E-state index contributed by atoms with van der Waals surface area (Å²) < 4.78 is 5.13. The van der Waals surface area contributed by atoms with Crippen molar-refractivity contribution in [1.82, 2.24) is 5.32 Å². The minimum absolute atomic E-state index is 0.0978. The highest BCUT2D eigenvalue weighted by Crippen LogP contribution is 2.25. The number of hydrogen-bond acceptors (Lipinski definition) is 5. The van der Waals surface area contributed by atoms with Crippen molar-refractivity contribution in [2.45, 2.75) is 6.54 Å². The number of aromatic carboxylic acids is 1. The summed E-state index contributed by atoms with van der Waals surface area (Å²) in [7, 11) is 0. The van der Waals surface area contributed by atoms with Crippen LogP contribution in [0.15, 0.2) is 60.0 Å². The predicted octanol–water partition coefficient (Wildman–Crippen LogP) is 4.04. The van der Waals surface area contributed by atoms with Crippen molar-refractivity contribution in [1.29, 1.82) is 0 Å². The lowest BCUT2D eigenvalue weighted by Crippen LogP contribution is -2.29. The van der Waals surface area contributed by atoms with Crippen molar-refractivity contribution in [3.8, 4) is 10.4 Å². The minimum Gasteiger partial charge on any atom is -0.478 e. The molecule has 0 unspecified atom stereocenters. The molecule has 1 heterocycles. The van der Waals surface area contributed by atoms with Gasteiger partial charge in [0.05, 0.1) is 11.3 Å². The number of amides is 2. The van der Waals surface area contributed by atoms with Crippen molar-refractivity contribution in [3.05, 3.63) is 76.1 Å². The predicted molar refractivity (Wildman–Crippen MR) is 119 cm³/mol. The van der Waals surface area contributed by atoms with Crippen LogP contribution in [0, 0.1) is 0 Å². The molecule has 0 aliphatic rings. The number of anilines is 1. The first-order chi connectivity index (χ1) is 14.9. The van der Waals surface area contributed by atoms with Gasteiger partial charge in [-0.1, -0.05) is 35.9 Å². The van der Waals surface area contributed by atoms with E-state index in [-0.39, 0.29) is 28.8 Å². The van der Waals surface area contributed by atoms with Gasteiger partial charge in [-0.05, 0) is 46.8 Å². The van der Waals surface area contributed by atoms with Gasteiger partial charge >= 0.3 is 5.97 Å². The monoisotopic (exact) mass is 458 g/mol. The summed E-state index contributed by atoms with van der Waals surface area (Å²) in [4.78, 5) is 36.4. The first-order valence-corrected chi connectivity index (χ1v) is 10.5. The van der Waals surface area contributed by atoms with Crippen molar-refractivity contribution < 1.29 is 24.2 Å². The van der Waals surface area contributed by atoms with Crippen molar-refractivity contribution in [2.24, 2.45) is 0 Å². The van der Waals surface area contributed by atoms with E-state index in [2.05, 4.69) is 10.6 Å². The molecule has 2 amide bonds. The van der Waals surface area contributed by atoms with Gasteiger partial charge in [0.2, 0.25) is 11.8 Å². The number of benzene rings is 2. The Kier molecular flexibility index (Phi) is 7.77. The van der Waals surface area contributed by atoms with Gasteiger partial charge in [0.15, 0.2) is 0 Å². The van der Waals surface area contributed by atoms with Crippen LogP contribution in [0.3, 0.4) is 0 Å². The molecule has 0 fully saturated rings. The number of ether oxygens (including phenoxy) is 1. The SMILES string of the molecule is O=C(COCC(=O)Nc1ccc(Cl)cc1C(=O)O)NCc1cccc(-c2cccs2)c1. The highest BCUT2D eigenvalue weighted by atomic mass is 35.5. The Morgan fingerprint density at radius 3 is 2.55 bits per heavy atom. The van der Waals surface area contributed by atoms with E-state index in [1.165, 1.54) is 18.2 Å². The normalized spacial score (nSPS) is 10.5. The number of carboxylic acid groups (broad SMARTS) is 1. The second-order valence-corrected chi connectivity index (χ2v) is 7.87. The van der Waals surface area contributed by atoms with E-state index < -0.39 is 18.5 Å². The fourth-order valence-corrected chi connectivity index (χ4v) is 3.65.